The normalized spacial score (nSPS) is 26.3. The molecule has 0 amide bonds. The van der Waals surface area contributed by atoms with Crippen molar-refractivity contribution in [3.63, 3.8) is 0 Å². The first-order valence-electron chi connectivity index (χ1n) is 6.19. The van der Waals surface area contributed by atoms with Gasteiger partial charge in [-0.15, -0.1) is 0 Å². The summed E-state index contributed by atoms with van der Waals surface area (Å²) in [6, 6.07) is 7.59. The molecular formula is C14H20O2. The molecule has 16 heavy (non-hydrogen) atoms. The van der Waals surface area contributed by atoms with Gasteiger partial charge in [-0.3, -0.25) is 0 Å². The third-order valence-corrected chi connectivity index (χ3v) is 3.71. The SMILES string of the molecule is OCC1CCCC(c2ccc(O)cc2)CC1. The number of hydrogen-bond acceptors (Lipinski definition) is 2. The quantitative estimate of drug-likeness (QED) is 0.752. The number of phenols is 1. The van der Waals surface area contributed by atoms with Crippen molar-refractivity contribution in [3.05, 3.63) is 29.8 Å². The highest BCUT2D eigenvalue weighted by Gasteiger charge is 2.19. The summed E-state index contributed by atoms with van der Waals surface area (Å²) >= 11 is 0. The predicted octanol–water partition coefficient (Wildman–Crippen LogP) is 3.05. The largest absolute Gasteiger partial charge is 0.508 e. The average molecular weight is 220 g/mol. The molecule has 0 aliphatic heterocycles. The maximum Gasteiger partial charge on any atom is 0.115 e. The molecule has 2 nitrogen and oxygen atoms in total. The van der Waals surface area contributed by atoms with Gasteiger partial charge in [-0.05, 0) is 55.2 Å². The molecule has 2 N–H and O–H groups in total. The molecule has 2 unspecified atom stereocenters. The minimum Gasteiger partial charge on any atom is -0.508 e. The molecule has 0 radical (unpaired) electrons. The number of rotatable bonds is 2. The highest BCUT2D eigenvalue weighted by Crippen LogP contribution is 2.34. The highest BCUT2D eigenvalue weighted by molar-refractivity contribution is 5.28. The van der Waals surface area contributed by atoms with Crippen LogP contribution in [0.3, 0.4) is 0 Å². The Morgan fingerprint density at radius 3 is 2.44 bits per heavy atom. The molecule has 1 fully saturated rings. The van der Waals surface area contributed by atoms with E-state index in [0.29, 0.717) is 24.2 Å². The Morgan fingerprint density at radius 2 is 1.75 bits per heavy atom. The maximum atomic E-state index is 9.26. The van der Waals surface area contributed by atoms with E-state index in [-0.39, 0.29) is 0 Å². The molecule has 0 bridgehead atoms. The molecular weight excluding hydrogens is 200 g/mol. The van der Waals surface area contributed by atoms with Gasteiger partial charge in [0.15, 0.2) is 0 Å². The first-order chi connectivity index (χ1) is 7.79. The fourth-order valence-electron chi connectivity index (χ4n) is 2.64. The summed E-state index contributed by atoms with van der Waals surface area (Å²) in [6.07, 6.45) is 5.86. The van der Waals surface area contributed by atoms with Gasteiger partial charge in [0, 0.05) is 6.61 Å². The number of aliphatic hydroxyl groups is 1. The second-order valence-electron chi connectivity index (χ2n) is 4.85. The molecule has 1 saturated carbocycles. The summed E-state index contributed by atoms with van der Waals surface area (Å²) in [5, 5.41) is 18.4. The van der Waals surface area contributed by atoms with Crippen molar-refractivity contribution >= 4 is 0 Å². The summed E-state index contributed by atoms with van der Waals surface area (Å²) in [5.74, 6) is 1.45. The lowest BCUT2D eigenvalue weighted by atomic mass is 9.91. The van der Waals surface area contributed by atoms with E-state index in [1.165, 1.54) is 18.4 Å². The molecule has 0 spiro atoms. The van der Waals surface area contributed by atoms with E-state index < -0.39 is 0 Å². The lowest BCUT2D eigenvalue weighted by Crippen LogP contribution is -2.04. The van der Waals surface area contributed by atoms with Crippen molar-refractivity contribution < 1.29 is 10.2 Å². The minimum atomic E-state index is 0.336. The molecule has 88 valence electrons. The van der Waals surface area contributed by atoms with Crippen molar-refractivity contribution in [1.29, 1.82) is 0 Å². The van der Waals surface area contributed by atoms with Crippen LogP contribution in [-0.4, -0.2) is 16.8 Å². The van der Waals surface area contributed by atoms with E-state index in [0.717, 1.165) is 19.3 Å². The number of aromatic hydroxyl groups is 1. The van der Waals surface area contributed by atoms with Gasteiger partial charge in [-0.25, -0.2) is 0 Å². The van der Waals surface area contributed by atoms with Crippen LogP contribution in [0.2, 0.25) is 0 Å². The summed E-state index contributed by atoms with van der Waals surface area (Å²) in [7, 11) is 0. The number of hydrogen-bond donors (Lipinski definition) is 2. The van der Waals surface area contributed by atoms with Gasteiger partial charge in [0.25, 0.3) is 0 Å². The molecule has 1 aromatic rings. The van der Waals surface area contributed by atoms with Gasteiger partial charge in [0.1, 0.15) is 5.75 Å². The van der Waals surface area contributed by atoms with E-state index >= 15 is 0 Å². The van der Waals surface area contributed by atoms with Gasteiger partial charge >= 0.3 is 0 Å². The van der Waals surface area contributed by atoms with Crippen LogP contribution in [0.5, 0.6) is 5.75 Å². The Hall–Kier alpha value is -1.02. The third kappa shape index (κ3) is 2.76. The van der Waals surface area contributed by atoms with Gasteiger partial charge < -0.3 is 10.2 Å². The van der Waals surface area contributed by atoms with Crippen molar-refractivity contribution in [1.82, 2.24) is 0 Å². The average Bonchev–Trinajstić information content (AvgIpc) is 2.55. The fraction of sp³-hybridized carbons (Fsp3) is 0.571. The maximum absolute atomic E-state index is 9.26. The van der Waals surface area contributed by atoms with Crippen LogP contribution >= 0.6 is 0 Å². The first-order valence-corrected chi connectivity index (χ1v) is 6.19. The number of aliphatic hydroxyl groups excluding tert-OH is 1. The summed E-state index contributed by atoms with van der Waals surface area (Å²) < 4.78 is 0. The van der Waals surface area contributed by atoms with Crippen molar-refractivity contribution in [2.75, 3.05) is 6.61 Å². The molecule has 2 heteroatoms. The van der Waals surface area contributed by atoms with Crippen LogP contribution in [0.4, 0.5) is 0 Å². The first kappa shape index (κ1) is 11.5. The van der Waals surface area contributed by atoms with Gasteiger partial charge in [-0.1, -0.05) is 18.6 Å². The summed E-state index contributed by atoms with van der Waals surface area (Å²) in [6.45, 7) is 0.336. The monoisotopic (exact) mass is 220 g/mol. The fourth-order valence-corrected chi connectivity index (χ4v) is 2.64. The second kappa shape index (κ2) is 5.35. The molecule has 2 atom stereocenters. The Kier molecular flexibility index (Phi) is 3.83. The van der Waals surface area contributed by atoms with Crippen LogP contribution < -0.4 is 0 Å². The Balaban J connectivity index is 2.02. The van der Waals surface area contributed by atoms with E-state index in [9.17, 15) is 10.2 Å². The van der Waals surface area contributed by atoms with Crippen LogP contribution in [0.15, 0.2) is 24.3 Å². The van der Waals surface area contributed by atoms with E-state index in [4.69, 9.17) is 0 Å². The van der Waals surface area contributed by atoms with Gasteiger partial charge in [0.2, 0.25) is 0 Å². The molecule has 1 aliphatic carbocycles. The lowest BCUT2D eigenvalue weighted by Gasteiger charge is -2.14. The van der Waals surface area contributed by atoms with Crippen molar-refractivity contribution in [3.8, 4) is 5.75 Å². The third-order valence-electron chi connectivity index (χ3n) is 3.71. The van der Waals surface area contributed by atoms with Crippen LogP contribution in [0.25, 0.3) is 0 Å². The van der Waals surface area contributed by atoms with Crippen molar-refractivity contribution in [2.24, 2.45) is 5.92 Å². The van der Waals surface area contributed by atoms with Crippen LogP contribution in [0.1, 0.15) is 43.6 Å². The number of phenolic OH excluding ortho intramolecular Hbond substituents is 1. The molecule has 2 rings (SSSR count). The zero-order chi connectivity index (χ0) is 11.4. The van der Waals surface area contributed by atoms with E-state index in [1.807, 2.05) is 12.1 Å². The van der Waals surface area contributed by atoms with Gasteiger partial charge in [0.05, 0.1) is 0 Å². The molecule has 0 aromatic heterocycles. The van der Waals surface area contributed by atoms with Crippen LogP contribution in [-0.2, 0) is 0 Å². The Bertz CT molecular complexity index is 318. The topological polar surface area (TPSA) is 40.5 Å². The Morgan fingerprint density at radius 1 is 1.00 bits per heavy atom. The second-order valence-corrected chi connectivity index (χ2v) is 4.85. The lowest BCUT2D eigenvalue weighted by molar-refractivity contribution is 0.212. The number of benzene rings is 1. The summed E-state index contributed by atoms with van der Waals surface area (Å²) in [4.78, 5) is 0. The smallest absolute Gasteiger partial charge is 0.115 e. The molecule has 0 heterocycles. The zero-order valence-electron chi connectivity index (χ0n) is 9.60. The zero-order valence-corrected chi connectivity index (χ0v) is 9.60. The van der Waals surface area contributed by atoms with E-state index in [1.54, 1.807) is 12.1 Å². The van der Waals surface area contributed by atoms with Gasteiger partial charge in [-0.2, -0.15) is 0 Å². The molecule has 1 aliphatic rings. The minimum absolute atomic E-state index is 0.336. The van der Waals surface area contributed by atoms with E-state index in [2.05, 4.69) is 0 Å². The summed E-state index contributed by atoms with van der Waals surface area (Å²) in [5.41, 5.74) is 1.33. The standard InChI is InChI=1S/C14H20O2/c15-10-11-2-1-3-12(5-4-11)13-6-8-14(16)9-7-13/h6-9,11-12,15-16H,1-5,10H2. The molecule has 0 saturated heterocycles. The highest BCUT2D eigenvalue weighted by atomic mass is 16.3. The van der Waals surface area contributed by atoms with Crippen molar-refractivity contribution in [2.45, 2.75) is 38.0 Å². The molecule has 1 aromatic carbocycles. The predicted molar refractivity (Wildman–Crippen MR) is 64.5 cm³/mol. The Labute approximate surface area is 96.9 Å². The van der Waals surface area contributed by atoms with Crippen LogP contribution in [0, 0.1) is 5.92 Å².